The third-order valence-electron chi connectivity index (χ3n) is 4.56. The van der Waals surface area contributed by atoms with Crippen molar-refractivity contribution in [3.8, 4) is 0 Å². The number of guanidine groups is 1. The van der Waals surface area contributed by atoms with Crippen LogP contribution in [0.1, 0.15) is 31.5 Å². The van der Waals surface area contributed by atoms with Gasteiger partial charge in [-0.1, -0.05) is 6.07 Å². The molecule has 1 saturated heterocycles. The van der Waals surface area contributed by atoms with Gasteiger partial charge in [-0.3, -0.25) is 9.39 Å². The summed E-state index contributed by atoms with van der Waals surface area (Å²) in [5, 5.41) is 15.1. The first-order valence-electron chi connectivity index (χ1n) is 9.79. The van der Waals surface area contributed by atoms with Crippen LogP contribution >= 0.6 is 0 Å². The van der Waals surface area contributed by atoms with Crippen LogP contribution in [0.2, 0.25) is 0 Å². The number of hydrogen-bond acceptors (Lipinski definition) is 5. The fourth-order valence-electron chi connectivity index (χ4n) is 3.11. The first kappa shape index (κ1) is 19.6. The van der Waals surface area contributed by atoms with E-state index in [9.17, 15) is 0 Å². The van der Waals surface area contributed by atoms with E-state index in [2.05, 4.69) is 25.8 Å². The third-order valence-corrected chi connectivity index (χ3v) is 4.56. The van der Waals surface area contributed by atoms with Crippen molar-refractivity contribution in [3.05, 3.63) is 30.2 Å². The van der Waals surface area contributed by atoms with Crippen LogP contribution in [-0.4, -0.2) is 66.6 Å². The van der Waals surface area contributed by atoms with E-state index < -0.39 is 0 Å². The smallest absolute Gasteiger partial charge is 0.190 e. The fraction of sp³-hybridized carbons (Fsp3) is 0.632. The van der Waals surface area contributed by atoms with E-state index in [0.29, 0.717) is 12.7 Å². The number of nitrogens with one attached hydrogen (secondary N) is 2. The van der Waals surface area contributed by atoms with E-state index in [-0.39, 0.29) is 0 Å². The average molecular weight is 374 g/mol. The van der Waals surface area contributed by atoms with E-state index in [1.807, 2.05) is 28.8 Å². The van der Waals surface area contributed by atoms with Crippen molar-refractivity contribution in [1.82, 2.24) is 25.2 Å². The second-order valence-corrected chi connectivity index (χ2v) is 6.64. The second kappa shape index (κ2) is 10.8. The predicted octanol–water partition coefficient (Wildman–Crippen LogP) is 1.41. The minimum Gasteiger partial charge on any atom is -0.379 e. The lowest BCUT2D eigenvalue weighted by Gasteiger charge is -2.13. The molecule has 8 heteroatoms. The molecule has 1 aliphatic rings. The van der Waals surface area contributed by atoms with Crippen LogP contribution in [0.3, 0.4) is 0 Å². The zero-order chi connectivity index (χ0) is 18.7. The lowest BCUT2D eigenvalue weighted by atomic mass is 10.2. The highest BCUT2D eigenvalue weighted by Gasteiger charge is 2.14. The molecule has 1 unspecified atom stereocenters. The molecule has 3 heterocycles. The molecule has 2 aromatic rings. The van der Waals surface area contributed by atoms with Gasteiger partial charge in [0.15, 0.2) is 11.6 Å². The Bertz CT molecular complexity index is 711. The molecule has 27 heavy (non-hydrogen) atoms. The molecule has 1 aliphatic heterocycles. The lowest BCUT2D eigenvalue weighted by molar-refractivity contribution is 0.0168. The number of rotatable bonds is 10. The zero-order valence-electron chi connectivity index (χ0n) is 16.1. The molecule has 1 fully saturated rings. The Morgan fingerprint density at radius 1 is 1.30 bits per heavy atom. The van der Waals surface area contributed by atoms with Gasteiger partial charge in [0.1, 0.15) is 5.82 Å². The summed E-state index contributed by atoms with van der Waals surface area (Å²) in [6.45, 7) is 4.00. The lowest BCUT2D eigenvalue weighted by Crippen LogP contribution is -2.38. The van der Waals surface area contributed by atoms with Crippen molar-refractivity contribution in [2.45, 2.75) is 38.2 Å². The Kier molecular flexibility index (Phi) is 7.85. The van der Waals surface area contributed by atoms with Crippen molar-refractivity contribution in [3.63, 3.8) is 0 Å². The van der Waals surface area contributed by atoms with Crippen LogP contribution in [-0.2, 0) is 15.9 Å². The topological polar surface area (TPSA) is 85.1 Å². The number of nitrogens with zero attached hydrogens (tertiary/aromatic N) is 4. The van der Waals surface area contributed by atoms with Gasteiger partial charge in [-0.25, -0.2) is 0 Å². The van der Waals surface area contributed by atoms with Crippen molar-refractivity contribution in [2.75, 3.05) is 40.0 Å². The summed E-state index contributed by atoms with van der Waals surface area (Å²) < 4.78 is 13.2. The first-order chi connectivity index (χ1) is 13.4. The standard InChI is InChI=1S/C19H30N6O2/c1-20-19(22-11-6-13-26-15-16-7-5-14-27-16)21-10-4-9-18-24-23-17-8-2-3-12-25(17)18/h2-3,8,12,16H,4-7,9-11,13-15H2,1H3,(H2,20,21,22). The molecule has 0 aliphatic carbocycles. The highest BCUT2D eigenvalue weighted by Crippen LogP contribution is 2.11. The molecule has 1 atom stereocenters. The largest absolute Gasteiger partial charge is 0.379 e. The van der Waals surface area contributed by atoms with Crippen LogP contribution < -0.4 is 10.6 Å². The summed E-state index contributed by atoms with van der Waals surface area (Å²) in [5.41, 5.74) is 0.889. The van der Waals surface area contributed by atoms with Gasteiger partial charge in [0, 0.05) is 46.0 Å². The van der Waals surface area contributed by atoms with Gasteiger partial charge >= 0.3 is 0 Å². The van der Waals surface area contributed by atoms with Gasteiger partial charge in [-0.15, -0.1) is 10.2 Å². The summed E-state index contributed by atoms with van der Waals surface area (Å²) in [5.74, 6) is 1.80. The maximum atomic E-state index is 5.67. The zero-order valence-corrected chi connectivity index (χ0v) is 16.1. The van der Waals surface area contributed by atoms with Crippen LogP contribution in [0.25, 0.3) is 5.65 Å². The van der Waals surface area contributed by atoms with Gasteiger partial charge in [0.05, 0.1) is 12.7 Å². The first-order valence-corrected chi connectivity index (χ1v) is 9.79. The SMILES string of the molecule is CN=C(NCCCOCC1CCCO1)NCCCc1nnc2ccccn12. The van der Waals surface area contributed by atoms with Crippen molar-refractivity contribution in [1.29, 1.82) is 0 Å². The molecular formula is C19H30N6O2. The quantitative estimate of drug-likeness (QED) is 0.372. The summed E-state index contributed by atoms with van der Waals surface area (Å²) in [6, 6.07) is 5.93. The van der Waals surface area contributed by atoms with Gasteiger partial charge < -0.3 is 20.1 Å². The molecule has 0 radical (unpaired) electrons. The number of fused-ring (bicyclic) bond motifs is 1. The van der Waals surface area contributed by atoms with E-state index >= 15 is 0 Å². The molecule has 8 nitrogen and oxygen atoms in total. The van der Waals surface area contributed by atoms with Gasteiger partial charge in [-0.2, -0.15) is 0 Å². The number of ether oxygens (including phenoxy) is 2. The van der Waals surface area contributed by atoms with E-state index in [1.165, 1.54) is 0 Å². The summed E-state index contributed by atoms with van der Waals surface area (Å²) in [4.78, 5) is 4.25. The summed E-state index contributed by atoms with van der Waals surface area (Å²) >= 11 is 0. The Labute approximate surface area is 160 Å². The number of aryl methyl sites for hydroxylation is 1. The van der Waals surface area contributed by atoms with Crippen LogP contribution in [0.15, 0.2) is 29.4 Å². The van der Waals surface area contributed by atoms with Gasteiger partial charge in [0.25, 0.3) is 0 Å². The molecular weight excluding hydrogens is 344 g/mol. The average Bonchev–Trinajstić information content (AvgIpc) is 3.36. The molecule has 148 valence electrons. The molecule has 2 N–H and O–H groups in total. The Morgan fingerprint density at radius 3 is 3.00 bits per heavy atom. The maximum Gasteiger partial charge on any atom is 0.190 e. The molecule has 0 saturated carbocycles. The molecule has 2 aromatic heterocycles. The van der Waals surface area contributed by atoms with Crippen LogP contribution in [0.5, 0.6) is 0 Å². The summed E-state index contributed by atoms with van der Waals surface area (Å²) in [6.07, 6.45) is 7.35. The summed E-state index contributed by atoms with van der Waals surface area (Å²) in [7, 11) is 1.79. The minimum atomic E-state index is 0.301. The highest BCUT2D eigenvalue weighted by molar-refractivity contribution is 5.79. The van der Waals surface area contributed by atoms with Crippen molar-refractivity contribution in [2.24, 2.45) is 4.99 Å². The maximum absolute atomic E-state index is 5.67. The number of hydrogen-bond donors (Lipinski definition) is 2. The minimum absolute atomic E-state index is 0.301. The van der Waals surface area contributed by atoms with Crippen LogP contribution in [0.4, 0.5) is 0 Å². The molecule has 0 spiro atoms. The van der Waals surface area contributed by atoms with Gasteiger partial charge in [-0.05, 0) is 37.8 Å². The van der Waals surface area contributed by atoms with E-state index in [1.54, 1.807) is 7.05 Å². The third kappa shape index (κ3) is 6.18. The molecule has 3 rings (SSSR count). The predicted molar refractivity (Wildman–Crippen MR) is 105 cm³/mol. The Morgan fingerprint density at radius 2 is 2.19 bits per heavy atom. The molecule has 0 amide bonds. The number of pyridine rings is 1. The van der Waals surface area contributed by atoms with Gasteiger partial charge in [0.2, 0.25) is 0 Å². The Hall–Kier alpha value is -2.19. The van der Waals surface area contributed by atoms with E-state index in [4.69, 9.17) is 9.47 Å². The number of aromatic nitrogens is 3. The monoisotopic (exact) mass is 374 g/mol. The molecule has 0 bridgehead atoms. The Balaban J connectivity index is 1.24. The normalized spacial score (nSPS) is 17.5. The van der Waals surface area contributed by atoms with Crippen molar-refractivity contribution >= 4 is 11.6 Å². The second-order valence-electron chi connectivity index (χ2n) is 6.64. The van der Waals surface area contributed by atoms with Crippen molar-refractivity contribution < 1.29 is 9.47 Å². The van der Waals surface area contributed by atoms with Crippen LogP contribution in [0, 0.1) is 0 Å². The highest BCUT2D eigenvalue weighted by atomic mass is 16.5. The molecule has 0 aromatic carbocycles. The van der Waals surface area contributed by atoms with E-state index in [0.717, 1.165) is 75.8 Å². The number of aliphatic imine (C=N–C) groups is 1. The fourth-order valence-corrected chi connectivity index (χ4v) is 3.11.